The molecule has 6 nitrogen and oxygen atoms in total. The fourth-order valence-corrected chi connectivity index (χ4v) is 1.97. The standard InChI is InChI=1S/C13H18N4O2/c1-10(9-19-3)15-12(18)11-8-14-16(2)13(11)17-6-4-5-7-17/h4-8,10H,9H2,1-3H3,(H,15,18)/t10-/m0/s1. The Labute approximate surface area is 112 Å². The van der Waals surface area contributed by atoms with Crippen molar-refractivity contribution in [3.63, 3.8) is 0 Å². The highest BCUT2D eigenvalue weighted by Gasteiger charge is 2.18. The van der Waals surface area contributed by atoms with E-state index in [1.165, 1.54) is 0 Å². The van der Waals surface area contributed by atoms with Crippen LogP contribution in [0, 0.1) is 0 Å². The van der Waals surface area contributed by atoms with Crippen LogP contribution in [0.3, 0.4) is 0 Å². The van der Waals surface area contributed by atoms with E-state index in [2.05, 4.69) is 10.4 Å². The van der Waals surface area contributed by atoms with Crippen molar-refractivity contribution in [1.29, 1.82) is 0 Å². The predicted octanol–water partition coefficient (Wildman–Crippen LogP) is 0.975. The van der Waals surface area contributed by atoms with Gasteiger partial charge in [-0.15, -0.1) is 0 Å². The van der Waals surface area contributed by atoms with E-state index in [-0.39, 0.29) is 11.9 Å². The molecule has 0 aliphatic carbocycles. The molecular weight excluding hydrogens is 244 g/mol. The first-order valence-corrected chi connectivity index (χ1v) is 6.08. The lowest BCUT2D eigenvalue weighted by Gasteiger charge is -2.13. The number of rotatable bonds is 5. The van der Waals surface area contributed by atoms with Crippen LogP contribution in [0.4, 0.5) is 0 Å². The molecule has 6 heteroatoms. The van der Waals surface area contributed by atoms with Gasteiger partial charge in [0.1, 0.15) is 11.4 Å². The predicted molar refractivity (Wildman–Crippen MR) is 71.3 cm³/mol. The summed E-state index contributed by atoms with van der Waals surface area (Å²) in [7, 11) is 3.42. The summed E-state index contributed by atoms with van der Waals surface area (Å²) >= 11 is 0. The number of aryl methyl sites for hydroxylation is 1. The maximum absolute atomic E-state index is 12.2. The molecule has 0 fully saturated rings. The van der Waals surface area contributed by atoms with E-state index >= 15 is 0 Å². The van der Waals surface area contributed by atoms with Gasteiger partial charge in [-0.05, 0) is 19.1 Å². The minimum atomic E-state index is -0.152. The zero-order valence-corrected chi connectivity index (χ0v) is 11.3. The number of aromatic nitrogens is 3. The quantitative estimate of drug-likeness (QED) is 0.873. The van der Waals surface area contributed by atoms with Crippen molar-refractivity contribution in [2.75, 3.05) is 13.7 Å². The number of carbonyl (C=O) groups is 1. The second kappa shape index (κ2) is 5.71. The molecule has 2 rings (SSSR count). The first kappa shape index (κ1) is 13.4. The van der Waals surface area contributed by atoms with Gasteiger partial charge in [-0.2, -0.15) is 5.10 Å². The van der Waals surface area contributed by atoms with Gasteiger partial charge in [0.2, 0.25) is 0 Å². The number of nitrogens with zero attached hydrogens (tertiary/aromatic N) is 3. The molecule has 2 aromatic heterocycles. The van der Waals surface area contributed by atoms with Crippen molar-refractivity contribution >= 4 is 5.91 Å². The highest BCUT2D eigenvalue weighted by molar-refractivity contribution is 5.97. The smallest absolute Gasteiger partial charge is 0.256 e. The number of nitrogens with one attached hydrogen (secondary N) is 1. The van der Waals surface area contributed by atoms with E-state index in [1.54, 1.807) is 18.0 Å². The highest BCUT2D eigenvalue weighted by Crippen LogP contribution is 2.13. The van der Waals surface area contributed by atoms with Crippen molar-refractivity contribution < 1.29 is 9.53 Å². The molecule has 0 spiro atoms. The summed E-state index contributed by atoms with van der Waals surface area (Å²) in [5, 5.41) is 7.03. The number of amides is 1. The van der Waals surface area contributed by atoms with Crippen LogP contribution in [0.1, 0.15) is 17.3 Å². The number of carbonyl (C=O) groups excluding carboxylic acids is 1. The lowest BCUT2D eigenvalue weighted by Crippen LogP contribution is -2.36. The fourth-order valence-electron chi connectivity index (χ4n) is 1.97. The summed E-state index contributed by atoms with van der Waals surface area (Å²) in [6.45, 7) is 2.37. The zero-order valence-electron chi connectivity index (χ0n) is 11.3. The Balaban J connectivity index is 2.24. The van der Waals surface area contributed by atoms with Gasteiger partial charge in [0, 0.05) is 32.6 Å². The minimum Gasteiger partial charge on any atom is -0.383 e. The largest absolute Gasteiger partial charge is 0.383 e. The fraction of sp³-hybridized carbons (Fsp3) is 0.385. The van der Waals surface area contributed by atoms with Crippen LogP contribution in [0.25, 0.3) is 5.82 Å². The van der Waals surface area contributed by atoms with Gasteiger partial charge in [0.25, 0.3) is 5.91 Å². The number of methoxy groups -OCH3 is 1. The van der Waals surface area contributed by atoms with Gasteiger partial charge in [0.15, 0.2) is 0 Å². The number of hydrogen-bond acceptors (Lipinski definition) is 3. The third-order valence-electron chi connectivity index (χ3n) is 2.80. The second-order valence-corrected chi connectivity index (χ2v) is 4.43. The first-order chi connectivity index (χ1) is 9.13. The van der Waals surface area contributed by atoms with Crippen molar-refractivity contribution in [2.45, 2.75) is 13.0 Å². The number of hydrogen-bond donors (Lipinski definition) is 1. The molecule has 19 heavy (non-hydrogen) atoms. The normalized spacial score (nSPS) is 12.4. The molecule has 1 amide bonds. The maximum Gasteiger partial charge on any atom is 0.256 e. The van der Waals surface area contributed by atoms with Gasteiger partial charge in [-0.3, -0.25) is 9.48 Å². The van der Waals surface area contributed by atoms with Crippen LogP contribution in [0.15, 0.2) is 30.7 Å². The Bertz CT molecular complexity index is 545. The summed E-state index contributed by atoms with van der Waals surface area (Å²) in [6, 6.07) is 3.76. The average molecular weight is 262 g/mol. The third-order valence-corrected chi connectivity index (χ3v) is 2.80. The van der Waals surface area contributed by atoms with E-state index < -0.39 is 0 Å². The van der Waals surface area contributed by atoms with E-state index in [0.717, 1.165) is 5.82 Å². The molecule has 0 radical (unpaired) electrons. The van der Waals surface area contributed by atoms with E-state index in [9.17, 15) is 4.79 Å². The van der Waals surface area contributed by atoms with Crippen molar-refractivity contribution in [3.8, 4) is 5.82 Å². The van der Waals surface area contributed by atoms with Gasteiger partial charge >= 0.3 is 0 Å². The molecule has 2 heterocycles. The lowest BCUT2D eigenvalue weighted by atomic mass is 10.2. The molecule has 1 N–H and O–H groups in total. The Kier molecular flexibility index (Phi) is 4.01. The van der Waals surface area contributed by atoms with Crippen molar-refractivity contribution in [1.82, 2.24) is 19.7 Å². The summed E-state index contributed by atoms with van der Waals surface area (Å²) in [5.74, 6) is 0.591. The van der Waals surface area contributed by atoms with E-state index in [4.69, 9.17) is 4.74 Å². The third kappa shape index (κ3) is 2.85. The van der Waals surface area contributed by atoms with E-state index in [1.807, 2.05) is 43.1 Å². The number of ether oxygens (including phenoxy) is 1. The van der Waals surface area contributed by atoms with Gasteiger partial charge < -0.3 is 14.6 Å². The molecule has 0 saturated heterocycles. The molecule has 0 aromatic carbocycles. The molecule has 1 atom stereocenters. The van der Waals surface area contributed by atoms with Crippen LogP contribution in [-0.2, 0) is 11.8 Å². The molecule has 0 aliphatic heterocycles. The van der Waals surface area contributed by atoms with Crippen LogP contribution in [0.2, 0.25) is 0 Å². The van der Waals surface area contributed by atoms with Gasteiger partial charge in [-0.1, -0.05) is 0 Å². The Morgan fingerprint density at radius 1 is 1.47 bits per heavy atom. The SMILES string of the molecule is COC[C@H](C)NC(=O)c1cnn(C)c1-n1cccc1. The zero-order chi connectivity index (χ0) is 13.8. The second-order valence-electron chi connectivity index (χ2n) is 4.43. The lowest BCUT2D eigenvalue weighted by molar-refractivity contribution is 0.0905. The molecule has 0 unspecified atom stereocenters. The summed E-state index contributed by atoms with van der Waals surface area (Å²) in [6.07, 6.45) is 5.34. The topological polar surface area (TPSA) is 61.1 Å². The summed E-state index contributed by atoms with van der Waals surface area (Å²) < 4.78 is 8.55. The Hall–Kier alpha value is -2.08. The molecule has 102 valence electrons. The Morgan fingerprint density at radius 3 is 2.79 bits per heavy atom. The maximum atomic E-state index is 12.2. The summed E-state index contributed by atoms with van der Waals surface area (Å²) in [4.78, 5) is 12.2. The van der Waals surface area contributed by atoms with Gasteiger partial charge in [-0.25, -0.2) is 0 Å². The van der Waals surface area contributed by atoms with Gasteiger partial charge in [0.05, 0.1) is 12.8 Å². The van der Waals surface area contributed by atoms with Crippen LogP contribution >= 0.6 is 0 Å². The molecule has 2 aromatic rings. The van der Waals surface area contributed by atoms with E-state index in [0.29, 0.717) is 12.2 Å². The Morgan fingerprint density at radius 2 is 2.16 bits per heavy atom. The molecular formula is C13H18N4O2. The van der Waals surface area contributed by atoms with Crippen molar-refractivity contribution in [3.05, 3.63) is 36.3 Å². The monoisotopic (exact) mass is 262 g/mol. The van der Waals surface area contributed by atoms with Crippen LogP contribution in [0.5, 0.6) is 0 Å². The van der Waals surface area contributed by atoms with Crippen LogP contribution in [-0.4, -0.2) is 40.0 Å². The molecule has 0 bridgehead atoms. The summed E-state index contributed by atoms with van der Waals surface area (Å²) in [5.41, 5.74) is 0.543. The minimum absolute atomic E-state index is 0.0461. The first-order valence-electron chi connectivity index (χ1n) is 6.08. The highest BCUT2D eigenvalue weighted by atomic mass is 16.5. The average Bonchev–Trinajstić information content (AvgIpc) is 2.97. The van der Waals surface area contributed by atoms with Crippen LogP contribution < -0.4 is 5.32 Å². The van der Waals surface area contributed by atoms with Crippen molar-refractivity contribution in [2.24, 2.45) is 7.05 Å². The molecule has 0 saturated carbocycles. The molecule has 0 aliphatic rings.